The molecule has 0 saturated carbocycles. The van der Waals surface area contributed by atoms with Gasteiger partial charge < -0.3 is 34.2 Å². The number of hydrogen-bond acceptors (Lipinski definition) is 11. The lowest BCUT2D eigenvalue weighted by atomic mass is 9.97. The largest absolute Gasteiger partial charge is 0.459 e. The van der Waals surface area contributed by atoms with Crippen LogP contribution in [-0.4, -0.2) is 74.3 Å². The van der Waals surface area contributed by atoms with E-state index in [1.54, 1.807) is 121 Å². The summed E-state index contributed by atoms with van der Waals surface area (Å²) in [5, 5.41) is 0. The van der Waals surface area contributed by atoms with Gasteiger partial charge in [-0.2, -0.15) is 0 Å². The molecule has 0 unspecified atom stereocenters. The highest BCUT2D eigenvalue weighted by molar-refractivity contribution is 5.91. The van der Waals surface area contributed by atoms with E-state index in [2.05, 4.69) is 0 Å². The lowest BCUT2D eigenvalue weighted by molar-refractivity contribution is -0.298. The molecule has 248 valence electrons. The summed E-state index contributed by atoms with van der Waals surface area (Å²) in [4.78, 5) is 53.4. The third-order valence-corrected chi connectivity index (χ3v) is 7.37. The van der Waals surface area contributed by atoms with E-state index in [4.69, 9.17) is 34.2 Å². The van der Waals surface area contributed by atoms with E-state index in [1.165, 1.54) is 0 Å². The second-order valence-corrected chi connectivity index (χ2v) is 10.7. The maximum absolute atomic E-state index is 13.6. The summed E-state index contributed by atoms with van der Waals surface area (Å²) in [6.45, 7) is -0.0517. The van der Waals surface area contributed by atoms with Crippen molar-refractivity contribution >= 4 is 23.9 Å². The Morgan fingerprint density at radius 3 is 1.38 bits per heavy atom. The van der Waals surface area contributed by atoms with Crippen LogP contribution in [0.1, 0.15) is 47.9 Å². The van der Waals surface area contributed by atoms with E-state index in [-0.39, 0.29) is 28.9 Å². The van der Waals surface area contributed by atoms with Crippen molar-refractivity contribution < 1.29 is 47.6 Å². The van der Waals surface area contributed by atoms with Gasteiger partial charge in [-0.25, -0.2) is 19.2 Å². The molecule has 0 amide bonds. The molecule has 5 rings (SSSR count). The van der Waals surface area contributed by atoms with Crippen LogP contribution >= 0.6 is 0 Å². The van der Waals surface area contributed by atoms with Crippen molar-refractivity contribution in [3.8, 4) is 0 Å². The SMILES string of the molecule is NCCCO[C@H]1O[C@H](COC(=O)c2ccccc2)[C@H](OC(=O)c2ccccc2)[C@H](OC(=O)c2ccccc2)[C@H]1OC(=O)c1ccccc1. The minimum Gasteiger partial charge on any atom is -0.459 e. The molecule has 1 heterocycles. The average molecular weight is 654 g/mol. The van der Waals surface area contributed by atoms with E-state index in [0.717, 1.165) is 0 Å². The molecular formula is C37H35NO10. The number of rotatable bonds is 13. The van der Waals surface area contributed by atoms with E-state index in [9.17, 15) is 19.2 Å². The zero-order valence-electron chi connectivity index (χ0n) is 25.9. The van der Waals surface area contributed by atoms with Gasteiger partial charge in [0.2, 0.25) is 0 Å². The van der Waals surface area contributed by atoms with Crippen LogP contribution in [0.2, 0.25) is 0 Å². The van der Waals surface area contributed by atoms with Crippen LogP contribution in [0.15, 0.2) is 121 Å². The van der Waals surface area contributed by atoms with Crippen LogP contribution in [0.5, 0.6) is 0 Å². The summed E-state index contributed by atoms with van der Waals surface area (Å²) in [7, 11) is 0. The Kier molecular flexibility index (Phi) is 12.0. The van der Waals surface area contributed by atoms with Crippen LogP contribution in [0.25, 0.3) is 0 Å². The van der Waals surface area contributed by atoms with Crippen molar-refractivity contribution in [1.29, 1.82) is 0 Å². The summed E-state index contributed by atoms with van der Waals surface area (Å²) < 4.78 is 35.8. The number of hydrogen-bond donors (Lipinski definition) is 1. The Morgan fingerprint density at radius 1 is 0.542 bits per heavy atom. The molecule has 1 fully saturated rings. The van der Waals surface area contributed by atoms with Crippen molar-refractivity contribution in [2.75, 3.05) is 19.8 Å². The molecule has 0 aromatic heterocycles. The van der Waals surface area contributed by atoms with Crippen molar-refractivity contribution in [2.45, 2.75) is 37.1 Å². The Bertz CT molecular complexity index is 1640. The molecule has 0 spiro atoms. The molecule has 0 aliphatic carbocycles. The normalized spacial score (nSPS) is 20.2. The molecule has 4 aromatic carbocycles. The second kappa shape index (κ2) is 17.0. The van der Waals surface area contributed by atoms with Crippen LogP contribution in [0.3, 0.4) is 0 Å². The molecule has 1 saturated heterocycles. The molecule has 2 N–H and O–H groups in total. The van der Waals surface area contributed by atoms with Crippen LogP contribution in [0, 0.1) is 0 Å². The molecular weight excluding hydrogens is 618 g/mol. The Balaban J connectivity index is 1.53. The predicted molar refractivity (Wildman–Crippen MR) is 172 cm³/mol. The first-order valence-electron chi connectivity index (χ1n) is 15.4. The van der Waals surface area contributed by atoms with E-state index in [1.807, 2.05) is 0 Å². The standard InChI is InChI=1S/C37H35NO10/c38-22-13-23-43-37-32(48-36(42)28-20-11-4-12-21-28)31(47-35(41)27-18-9-3-10-19-27)30(46-34(40)26-16-7-2-8-17-26)29(45-37)24-44-33(39)25-14-5-1-6-15-25/h1-12,14-21,29-32,37H,13,22-24,38H2/t29-,30+,31+,32-,37+/m1/s1. The lowest BCUT2D eigenvalue weighted by Gasteiger charge is -2.44. The van der Waals surface area contributed by atoms with Gasteiger partial charge in [0, 0.05) is 0 Å². The van der Waals surface area contributed by atoms with Crippen molar-refractivity contribution in [1.82, 2.24) is 0 Å². The fraction of sp³-hybridized carbons (Fsp3) is 0.243. The minimum atomic E-state index is -1.48. The summed E-state index contributed by atoms with van der Waals surface area (Å²) in [5.41, 5.74) is 6.58. The average Bonchev–Trinajstić information content (AvgIpc) is 3.14. The smallest absolute Gasteiger partial charge is 0.338 e. The van der Waals surface area contributed by atoms with Gasteiger partial charge >= 0.3 is 23.9 Å². The molecule has 1 aliphatic rings. The molecule has 11 heteroatoms. The van der Waals surface area contributed by atoms with Gasteiger partial charge in [-0.15, -0.1) is 0 Å². The zero-order valence-corrected chi connectivity index (χ0v) is 25.9. The molecule has 48 heavy (non-hydrogen) atoms. The lowest BCUT2D eigenvalue weighted by Crippen LogP contribution is -2.63. The molecule has 11 nitrogen and oxygen atoms in total. The fourth-order valence-corrected chi connectivity index (χ4v) is 4.94. The maximum Gasteiger partial charge on any atom is 0.338 e. The van der Waals surface area contributed by atoms with E-state index >= 15 is 0 Å². The summed E-state index contributed by atoms with van der Waals surface area (Å²) >= 11 is 0. The van der Waals surface area contributed by atoms with Gasteiger partial charge in [0.25, 0.3) is 0 Å². The van der Waals surface area contributed by atoms with Gasteiger partial charge in [-0.1, -0.05) is 72.8 Å². The third-order valence-electron chi connectivity index (χ3n) is 7.37. The molecule has 0 bridgehead atoms. The predicted octanol–water partition coefficient (Wildman–Crippen LogP) is 4.61. The number of ether oxygens (including phenoxy) is 6. The highest BCUT2D eigenvalue weighted by Gasteiger charge is 2.53. The number of carbonyl (C=O) groups excluding carboxylic acids is 4. The number of carbonyl (C=O) groups is 4. The molecule has 5 atom stereocenters. The second-order valence-electron chi connectivity index (χ2n) is 10.7. The highest BCUT2D eigenvalue weighted by atomic mass is 16.7. The van der Waals surface area contributed by atoms with Gasteiger partial charge in [-0.05, 0) is 61.5 Å². The number of esters is 4. The first kappa shape index (κ1) is 34.0. The number of benzene rings is 4. The Labute approximate surface area is 277 Å². The Hall–Kier alpha value is -5.36. The van der Waals surface area contributed by atoms with Crippen LogP contribution in [-0.2, 0) is 28.4 Å². The zero-order chi connectivity index (χ0) is 33.7. The first-order chi connectivity index (χ1) is 23.4. The minimum absolute atomic E-state index is 0.0882. The quantitative estimate of drug-likeness (QED) is 0.122. The van der Waals surface area contributed by atoms with E-state index in [0.29, 0.717) is 13.0 Å². The van der Waals surface area contributed by atoms with Crippen molar-refractivity contribution in [3.63, 3.8) is 0 Å². The molecule has 4 aromatic rings. The van der Waals surface area contributed by atoms with Crippen molar-refractivity contribution in [3.05, 3.63) is 144 Å². The summed E-state index contributed by atoms with van der Waals surface area (Å²) in [5.74, 6) is -2.99. The van der Waals surface area contributed by atoms with Gasteiger partial charge in [0.1, 0.15) is 12.7 Å². The van der Waals surface area contributed by atoms with Crippen LogP contribution in [0.4, 0.5) is 0 Å². The molecule has 0 radical (unpaired) electrons. The van der Waals surface area contributed by atoms with Gasteiger partial charge in [0.15, 0.2) is 24.6 Å². The van der Waals surface area contributed by atoms with E-state index < -0.39 is 61.2 Å². The monoisotopic (exact) mass is 653 g/mol. The van der Waals surface area contributed by atoms with Gasteiger partial charge in [0.05, 0.1) is 28.9 Å². The topological polar surface area (TPSA) is 150 Å². The van der Waals surface area contributed by atoms with Crippen molar-refractivity contribution in [2.24, 2.45) is 5.73 Å². The van der Waals surface area contributed by atoms with Gasteiger partial charge in [-0.3, -0.25) is 0 Å². The maximum atomic E-state index is 13.6. The third kappa shape index (κ3) is 8.91. The highest BCUT2D eigenvalue weighted by Crippen LogP contribution is 2.32. The summed E-state index contributed by atoms with van der Waals surface area (Å²) in [6, 6.07) is 32.8. The number of nitrogens with two attached hydrogens (primary N) is 1. The van der Waals surface area contributed by atoms with Crippen LogP contribution < -0.4 is 5.73 Å². The summed E-state index contributed by atoms with van der Waals surface area (Å²) in [6.07, 6.45) is -6.49. The molecule has 1 aliphatic heterocycles. The first-order valence-corrected chi connectivity index (χ1v) is 15.4. The Morgan fingerprint density at radius 2 is 0.938 bits per heavy atom. The fourth-order valence-electron chi connectivity index (χ4n) is 4.94.